The molecule has 1 saturated heterocycles. The summed E-state index contributed by atoms with van der Waals surface area (Å²) in [5.41, 5.74) is 0.0574. The number of nitrogens with zero attached hydrogens (tertiary/aromatic N) is 4. The van der Waals surface area contributed by atoms with Crippen molar-refractivity contribution in [3.8, 4) is 0 Å². The molecule has 1 amide bonds. The van der Waals surface area contributed by atoms with Gasteiger partial charge in [0.15, 0.2) is 0 Å². The highest BCUT2D eigenvalue weighted by Crippen LogP contribution is 2.36. The second kappa shape index (κ2) is 7.76. The minimum atomic E-state index is -4.46. The van der Waals surface area contributed by atoms with Gasteiger partial charge in [-0.15, -0.1) is 0 Å². The van der Waals surface area contributed by atoms with Crippen LogP contribution in [0.5, 0.6) is 0 Å². The normalized spacial score (nSPS) is 15.1. The molecule has 0 spiro atoms. The molecule has 0 saturated carbocycles. The fourth-order valence-electron chi connectivity index (χ4n) is 3.00. The van der Waals surface area contributed by atoms with Crippen LogP contribution >= 0.6 is 0 Å². The van der Waals surface area contributed by atoms with Crippen LogP contribution in [-0.2, 0) is 17.5 Å². The number of hydrogen-bond donors (Lipinski definition) is 1. The van der Waals surface area contributed by atoms with Crippen molar-refractivity contribution in [1.82, 2.24) is 14.8 Å². The van der Waals surface area contributed by atoms with Gasteiger partial charge in [-0.05, 0) is 37.5 Å². The highest BCUT2D eigenvalue weighted by molar-refractivity contribution is 5.94. The van der Waals surface area contributed by atoms with E-state index in [1.165, 1.54) is 23.4 Å². The molecular weight excluding hydrogens is 347 g/mol. The van der Waals surface area contributed by atoms with E-state index in [0.717, 1.165) is 44.5 Å². The fraction of sp³-hybridized carbons (Fsp3) is 0.471. The van der Waals surface area contributed by atoms with Gasteiger partial charge in [-0.25, -0.2) is 4.98 Å². The number of benzene rings is 1. The summed E-state index contributed by atoms with van der Waals surface area (Å²) in [5.74, 6) is -0.363. The van der Waals surface area contributed by atoms with Gasteiger partial charge in [-0.1, -0.05) is 0 Å². The molecule has 0 atom stereocenters. The Morgan fingerprint density at radius 3 is 2.62 bits per heavy atom. The van der Waals surface area contributed by atoms with E-state index in [9.17, 15) is 18.0 Å². The number of piperidine rings is 1. The highest BCUT2D eigenvalue weighted by atomic mass is 19.4. The second-order valence-electron chi connectivity index (χ2n) is 6.23. The van der Waals surface area contributed by atoms with Crippen molar-refractivity contribution in [1.29, 1.82) is 0 Å². The van der Waals surface area contributed by atoms with Gasteiger partial charge in [0, 0.05) is 19.5 Å². The average Bonchev–Trinajstić information content (AvgIpc) is 3.13. The number of anilines is 2. The third-order valence-electron chi connectivity index (χ3n) is 4.33. The first-order valence-electron chi connectivity index (χ1n) is 8.52. The van der Waals surface area contributed by atoms with Crippen LogP contribution in [0.3, 0.4) is 0 Å². The molecule has 2 aromatic rings. The van der Waals surface area contributed by atoms with Gasteiger partial charge in [0.05, 0.1) is 23.5 Å². The molecule has 1 N–H and O–H groups in total. The lowest BCUT2D eigenvalue weighted by Crippen LogP contribution is -2.30. The van der Waals surface area contributed by atoms with Crippen LogP contribution in [0, 0.1) is 0 Å². The first kappa shape index (κ1) is 18.2. The number of alkyl halides is 3. The molecule has 26 heavy (non-hydrogen) atoms. The molecule has 6 nitrogen and oxygen atoms in total. The zero-order valence-corrected chi connectivity index (χ0v) is 14.2. The number of carbonyl (C=O) groups excluding carboxylic acids is 1. The van der Waals surface area contributed by atoms with Gasteiger partial charge in [0.25, 0.3) is 0 Å². The van der Waals surface area contributed by atoms with Gasteiger partial charge >= 0.3 is 6.18 Å². The third kappa shape index (κ3) is 4.53. The van der Waals surface area contributed by atoms with E-state index in [1.807, 2.05) is 4.90 Å². The maximum Gasteiger partial charge on any atom is 0.416 e. The van der Waals surface area contributed by atoms with Crippen molar-refractivity contribution in [2.24, 2.45) is 0 Å². The van der Waals surface area contributed by atoms with Gasteiger partial charge in [-0.2, -0.15) is 18.3 Å². The molecular formula is C17H20F3N5O. The molecule has 0 aliphatic carbocycles. The molecule has 1 fully saturated rings. The number of aromatic nitrogens is 3. The molecule has 1 aliphatic heterocycles. The van der Waals surface area contributed by atoms with E-state index >= 15 is 0 Å². The minimum absolute atomic E-state index is 0.0963. The van der Waals surface area contributed by atoms with Gasteiger partial charge in [0.1, 0.15) is 12.7 Å². The van der Waals surface area contributed by atoms with Crippen LogP contribution in [0.15, 0.2) is 30.9 Å². The Morgan fingerprint density at radius 2 is 1.96 bits per heavy atom. The number of halogens is 3. The summed E-state index contributed by atoms with van der Waals surface area (Å²) in [7, 11) is 0. The van der Waals surface area contributed by atoms with Crippen LogP contribution in [0.2, 0.25) is 0 Å². The standard InChI is InChI=1S/C17H20F3N5O/c18-17(19,20)13-4-5-15(24-7-2-1-3-8-24)14(10-13)23-16(26)6-9-25-12-21-11-22-25/h4-5,10-12H,1-3,6-9H2,(H,23,26). The lowest BCUT2D eigenvalue weighted by atomic mass is 10.1. The minimum Gasteiger partial charge on any atom is -0.370 e. The quantitative estimate of drug-likeness (QED) is 0.881. The summed E-state index contributed by atoms with van der Waals surface area (Å²) in [6.07, 6.45) is 1.56. The Labute approximate surface area is 149 Å². The summed E-state index contributed by atoms with van der Waals surface area (Å²) < 4.78 is 40.7. The maximum absolute atomic E-state index is 13.1. The molecule has 0 bridgehead atoms. The predicted octanol–water partition coefficient (Wildman–Crippen LogP) is 3.32. The van der Waals surface area contributed by atoms with Crippen molar-refractivity contribution in [3.63, 3.8) is 0 Å². The SMILES string of the molecule is O=C(CCn1cncn1)Nc1cc(C(F)(F)F)ccc1N1CCCCC1. The number of aryl methyl sites for hydroxylation is 1. The molecule has 1 aliphatic rings. The first-order valence-corrected chi connectivity index (χ1v) is 8.52. The molecule has 1 aromatic heterocycles. The Hall–Kier alpha value is -2.58. The molecule has 3 rings (SSSR count). The van der Waals surface area contributed by atoms with Gasteiger partial charge in [0.2, 0.25) is 5.91 Å². The van der Waals surface area contributed by atoms with Crippen LogP contribution in [-0.4, -0.2) is 33.8 Å². The summed E-state index contributed by atoms with van der Waals surface area (Å²) in [5, 5.41) is 6.54. The molecule has 140 valence electrons. The molecule has 0 radical (unpaired) electrons. The number of rotatable bonds is 5. The smallest absolute Gasteiger partial charge is 0.370 e. The highest BCUT2D eigenvalue weighted by Gasteiger charge is 2.31. The Bertz CT molecular complexity index is 739. The Kier molecular flexibility index (Phi) is 5.43. The maximum atomic E-state index is 13.1. The summed E-state index contributed by atoms with van der Waals surface area (Å²) in [6, 6.07) is 3.52. The second-order valence-corrected chi connectivity index (χ2v) is 6.23. The van der Waals surface area contributed by atoms with Crippen molar-refractivity contribution >= 4 is 17.3 Å². The number of hydrogen-bond acceptors (Lipinski definition) is 4. The van der Waals surface area contributed by atoms with E-state index in [0.29, 0.717) is 12.2 Å². The number of carbonyl (C=O) groups is 1. The molecule has 9 heteroatoms. The van der Waals surface area contributed by atoms with Gasteiger partial charge in [-0.3, -0.25) is 9.48 Å². The van der Waals surface area contributed by atoms with Crippen LogP contribution in [0.1, 0.15) is 31.2 Å². The zero-order chi connectivity index (χ0) is 18.6. The largest absolute Gasteiger partial charge is 0.416 e. The van der Waals surface area contributed by atoms with E-state index in [4.69, 9.17) is 0 Å². The number of nitrogens with one attached hydrogen (secondary N) is 1. The molecule has 2 heterocycles. The summed E-state index contributed by atoms with van der Waals surface area (Å²) in [4.78, 5) is 18.0. The van der Waals surface area contributed by atoms with Gasteiger partial charge < -0.3 is 10.2 Å². The van der Waals surface area contributed by atoms with Crippen molar-refractivity contribution < 1.29 is 18.0 Å². The third-order valence-corrected chi connectivity index (χ3v) is 4.33. The Morgan fingerprint density at radius 1 is 1.19 bits per heavy atom. The monoisotopic (exact) mass is 367 g/mol. The fourth-order valence-corrected chi connectivity index (χ4v) is 3.00. The van der Waals surface area contributed by atoms with Crippen molar-refractivity contribution in [2.45, 2.75) is 38.4 Å². The average molecular weight is 367 g/mol. The van der Waals surface area contributed by atoms with E-state index < -0.39 is 11.7 Å². The van der Waals surface area contributed by atoms with Crippen molar-refractivity contribution in [2.75, 3.05) is 23.3 Å². The summed E-state index contributed by atoms with van der Waals surface area (Å²) in [6.45, 7) is 1.85. The van der Waals surface area contributed by atoms with Crippen LogP contribution in [0.4, 0.5) is 24.5 Å². The molecule has 1 aromatic carbocycles. The molecule has 0 unspecified atom stereocenters. The topological polar surface area (TPSA) is 63.1 Å². The zero-order valence-electron chi connectivity index (χ0n) is 14.2. The first-order chi connectivity index (χ1) is 12.4. The lowest BCUT2D eigenvalue weighted by molar-refractivity contribution is -0.137. The number of amides is 1. The Balaban J connectivity index is 1.78. The van der Waals surface area contributed by atoms with E-state index in [1.54, 1.807) is 0 Å². The van der Waals surface area contributed by atoms with Crippen LogP contribution in [0.25, 0.3) is 0 Å². The van der Waals surface area contributed by atoms with Crippen molar-refractivity contribution in [3.05, 3.63) is 36.4 Å². The predicted molar refractivity (Wildman–Crippen MR) is 90.8 cm³/mol. The lowest BCUT2D eigenvalue weighted by Gasteiger charge is -2.31. The van der Waals surface area contributed by atoms with E-state index in [-0.39, 0.29) is 18.0 Å². The summed E-state index contributed by atoms with van der Waals surface area (Å²) >= 11 is 0. The van der Waals surface area contributed by atoms with Crippen LogP contribution < -0.4 is 10.2 Å². The van der Waals surface area contributed by atoms with E-state index in [2.05, 4.69) is 15.4 Å².